The molecular formula is C12H17NO3. The summed E-state index contributed by atoms with van der Waals surface area (Å²) in [4.78, 5) is 11.3. The Bertz CT molecular complexity index is 410. The fraction of sp³-hybridized carbons (Fsp3) is 0.667. The van der Waals surface area contributed by atoms with Crippen molar-refractivity contribution in [3.8, 4) is 0 Å². The third-order valence-corrected chi connectivity index (χ3v) is 3.36. The molecule has 1 aromatic rings. The van der Waals surface area contributed by atoms with Gasteiger partial charge in [-0.05, 0) is 12.8 Å². The maximum atomic E-state index is 11.3. The van der Waals surface area contributed by atoms with Gasteiger partial charge in [0.15, 0.2) is 0 Å². The summed E-state index contributed by atoms with van der Waals surface area (Å²) < 4.78 is 5.25. The zero-order valence-electron chi connectivity index (χ0n) is 9.91. The fourth-order valence-electron chi connectivity index (χ4n) is 1.96. The van der Waals surface area contributed by atoms with Crippen LogP contribution < -0.4 is 0 Å². The maximum absolute atomic E-state index is 11.3. The Balaban J connectivity index is 2.35. The van der Waals surface area contributed by atoms with Gasteiger partial charge in [0.1, 0.15) is 16.9 Å². The van der Waals surface area contributed by atoms with Gasteiger partial charge in [-0.25, -0.2) is 0 Å². The van der Waals surface area contributed by atoms with Crippen molar-refractivity contribution in [1.82, 2.24) is 5.16 Å². The summed E-state index contributed by atoms with van der Waals surface area (Å²) in [7, 11) is 0. The van der Waals surface area contributed by atoms with E-state index in [9.17, 15) is 9.90 Å². The van der Waals surface area contributed by atoms with Crippen LogP contribution in [0.5, 0.6) is 0 Å². The van der Waals surface area contributed by atoms with Crippen molar-refractivity contribution in [2.45, 2.75) is 50.9 Å². The molecule has 0 saturated heterocycles. The molecule has 1 saturated carbocycles. The van der Waals surface area contributed by atoms with Crippen molar-refractivity contribution in [3.63, 3.8) is 0 Å². The first-order chi connectivity index (χ1) is 7.36. The van der Waals surface area contributed by atoms with E-state index in [4.69, 9.17) is 4.52 Å². The molecule has 4 heteroatoms. The van der Waals surface area contributed by atoms with E-state index >= 15 is 0 Å². The molecule has 0 aliphatic heterocycles. The minimum atomic E-state index is -0.785. The average Bonchev–Trinajstić information content (AvgIpc) is 2.48. The molecular weight excluding hydrogens is 206 g/mol. The second-order valence-electron chi connectivity index (χ2n) is 5.57. The van der Waals surface area contributed by atoms with Crippen molar-refractivity contribution in [1.29, 1.82) is 0 Å². The molecule has 0 amide bonds. The molecule has 0 atom stereocenters. The van der Waals surface area contributed by atoms with Crippen LogP contribution in [0, 0.1) is 0 Å². The molecule has 1 N–H and O–H groups in total. The van der Waals surface area contributed by atoms with Crippen molar-refractivity contribution in [2.24, 2.45) is 0 Å². The minimum absolute atomic E-state index is 0.130. The molecule has 1 aliphatic carbocycles. The summed E-state index contributed by atoms with van der Waals surface area (Å²) in [6.45, 7) is 6.06. The molecule has 1 heterocycles. The molecule has 0 spiro atoms. The fourth-order valence-corrected chi connectivity index (χ4v) is 1.96. The molecule has 0 aromatic carbocycles. The lowest BCUT2D eigenvalue weighted by Gasteiger charge is -2.35. The summed E-state index contributed by atoms with van der Waals surface area (Å²) in [6.07, 6.45) is 2.28. The molecule has 1 aliphatic rings. The SMILES string of the molecule is CC(C)(C)c1cc(C2(C(=O)O)CCC2)no1. The summed E-state index contributed by atoms with van der Waals surface area (Å²) in [5, 5.41) is 13.2. The molecule has 88 valence electrons. The Labute approximate surface area is 94.6 Å². The lowest BCUT2D eigenvalue weighted by molar-refractivity contribution is -0.147. The van der Waals surface area contributed by atoms with Crippen molar-refractivity contribution < 1.29 is 14.4 Å². The molecule has 2 rings (SSSR count). The van der Waals surface area contributed by atoms with E-state index in [1.54, 1.807) is 6.07 Å². The van der Waals surface area contributed by atoms with Gasteiger partial charge < -0.3 is 9.63 Å². The van der Waals surface area contributed by atoms with Crippen molar-refractivity contribution >= 4 is 5.97 Å². The molecule has 1 aromatic heterocycles. The van der Waals surface area contributed by atoms with E-state index in [2.05, 4.69) is 5.16 Å². The monoisotopic (exact) mass is 223 g/mol. The summed E-state index contributed by atoms with van der Waals surface area (Å²) in [5.41, 5.74) is -0.335. The highest BCUT2D eigenvalue weighted by Gasteiger charge is 2.48. The number of nitrogens with zero attached hydrogens (tertiary/aromatic N) is 1. The number of carbonyl (C=O) groups is 1. The van der Waals surface area contributed by atoms with Gasteiger partial charge in [0.05, 0.1) is 0 Å². The van der Waals surface area contributed by atoms with Crippen LogP contribution in [0.4, 0.5) is 0 Å². The largest absolute Gasteiger partial charge is 0.481 e. The quantitative estimate of drug-likeness (QED) is 0.836. The van der Waals surface area contributed by atoms with Crippen LogP contribution in [0.15, 0.2) is 10.6 Å². The van der Waals surface area contributed by atoms with Crippen LogP contribution in [0.25, 0.3) is 0 Å². The van der Waals surface area contributed by atoms with Crippen LogP contribution >= 0.6 is 0 Å². The van der Waals surface area contributed by atoms with E-state index < -0.39 is 11.4 Å². The van der Waals surface area contributed by atoms with Gasteiger partial charge in [0, 0.05) is 11.5 Å². The molecule has 16 heavy (non-hydrogen) atoms. The van der Waals surface area contributed by atoms with E-state index in [1.165, 1.54) is 0 Å². The predicted octanol–water partition coefficient (Wildman–Crippen LogP) is 2.48. The van der Waals surface area contributed by atoms with Gasteiger partial charge in [-0.3, -0.25) is 4.79 Å². The van der Waals surface area contributed by atoms with Crippen LogP contribution in [-0.4, -0.2) is 16.2 Å². The first-order valence-electron chi connectivity index (χ1n) is 5.57. The second kappa shape index (κ2) is 3.34. The number of hydrogen-bond donors (Lipinski definition) is 1. The van der Waals surface area contributed by atoms with Crippen molar-refractivity contribution in [3.05, 3.63) is 17.5 Å². The molecule has 0 bridgehead atoms. The van der Waals surface area contributed by atoms with Gasteiger partial charge in [-0.2, -0.15) is 0 Å². The van der Waals surface area contributed by atoms with Gasteiger partial charge in [0.2, 0.25) is 0 Å². The minimum Gasteiger partial charge on any atom is -0.481 e. The van der Waals surface area contributed by atoms with Gasteiger partial charge in [0.25, 0.3) is 0 Å². The highest BCUT2D eigenvalue weighted by molar-refractivity contribution is 5.81. The summed E-state index contributed by atoms with van der Waals surface area (Å²) in [5.74, 6) is -0.0393. The molecule has 1 fully saturated rings. The van der Waals surface area contributed by atoms with E-state index in [0.717, 1.165) is 12.2 Å². The topological polar surface area (TPSA) is 63.3 Å². The Morgan fingerprint density at radius 3 is 2.44 bits per heavy atom. The highest BCUT2D eigenvalue weighted by Crippen LogP contribution is 2.44. The zero-order chi connectivity index (χ0) is 12.0. The maximum Gasteiger partial charge on any atom is 0.315 e. The summed E-state index contributed by atoms with van der Waals surface area (Å²) >= 11 is 0. The highest BCUT2D eigenvalue weighted by atomic mass is 16.5. The van der Waals surface area contributed by atoms with E-state index in [-0.39, 0.29) is 5.41 Å². The van der Waals surface area contributed by atoms with Crippen LogP contribution in [0.1, 0.15) is 51.5 Å². The van der Waals surface area contributed by atoms with E-state index in [0.29, 0.717) is 18.5 Å². The summed E-state index contributed by atoms with van der Waals surface area (Å²) in [6, 6.07) is 1.80. The second-order valence-corrected chi connectivity index (χ2v) is 5.57. The van der Waals surface area contributed by atoms with Gasteiger partial charge >= 0.3 is 5.97 Å². The van der Waals surface area contributed by atoms with E-state index in [1.807, 2.05) is 20.8 Å². The first-order valence-corrected chi connectivity index (χ1v) is 5.57. The smallest absolute Gasteiger partial charge is 0.315 e. The average molecular weight is 223 g/mol. The third-order valence-electron chi connectivity index (χ3n) is 3.36. The van der Waals surface area contributed by atoms with Crippen LogP contribution in [0.2, 0.25) is 0 Å². The number of aliphatic carboxylic acids is 1. The van der Waals surface area contributed by atoms with Gasteiger partial charge in [-0.15, -0.1) is 0 Å². The molecule has 0 radical (unpaired) electrons. The zero-order valence-corrected chi connectivity index (χ0v) is 9.91. The lowest BCUT2D eigenvalue weighted by atomic mass is 9.66. The van der Waals surface area contributed by atoms with Gasteiger partial charge in [-0.1, -0.05) is 32.3 Å². The van der Waals surface area contributed by atoms with Crippen LogP contribution in [-0.2, 0) is 15.6 Å². The standard InChI is InChI=1S/C12H17NO3/c1-11(2,3)9-7-8(13-16-9)12(10(14)15)5-4-6-12/h7H,4-6H2,1-3H3,(H,14,15). The van der Waals surface area contributed by atoms with Crippen molar-refractivity contribution in [2.75, 3.05) is 0 Å². The number of aromatic nitrogens is 1. The number of carboxylic acid groups (broad SMARTS) is 1. The molecule has 0 unspecified atom stereocenters. The predicted molar refractivity (Wildman–Crippen MR) is 58.4 cm³/mol. The number of carboxylic acids is 1. The first kappa shape index (κ1) is 11.2. The number of hydrogen-bond acceptors (Lipinski definition) is 3. The lowest BCUT2D eigenvalue weighted by Crippen LogP contribution is -2.42. The Hall–Kier alpha value is -1.32. The normalized spacial score (nSPS) is 19.2. The third kappa shape index (κ3) is 1.52. The molecule has 4 nitrogen and oxygen atoms in total. The Morgan fingerprint density at radius 1 is 1.50 bits per heavy atom. The number of rotatable bonds is 2. The Kier molecular flexibility index (Phi) is 2.33. The Morgan fingerprint density at radius 2 is 2.12 bits per heavy atom. The van der Waals surface area contributed by atoms with Crippen LogP contribution in [0.3, 0.4) is 0 Å².